The van der Waals surface area contributed by atoms with Gasteiger partial charge in [-0.05, 0) is 61.7 Å². The number of rotatable bonds is 4. The Kier molecular flexibility index (Phi) is 5.70. The van der Waals surface area contributed by atoms with E-state index in [1.807, 2.05) is 39.0 Å². The van der Waals surface area contributed by atoms with E-state index in [9.17, 15) is 8.42 Å². The molecule has 0 radical (unpaired) electrons. The summed E-state index contributed by atoms with van der Waals surface area (Å²) in [6, 6.07) is 9.31. The Hall–Kier alpha value is -1.76. The van der Waals surface area contributed by atoms with Gasteiger partial charge in [0.05, 0.1) is 7.11 Å². The van der Waals surface area contributed by atoms with Crippen LogP contribution in [0, 0.1) is 20.8 Å². The Bertz CT molecular complexity index is 952. The third-order valence-corrected chi connectivity index (χ3v) is 7.55. The lowest BCUT2D eigenvalue weighted by molar-refractivity contribution is 0.374. The molecule has 0 spiro atoms. The van der Waals surface area contributed by atoms with Gasteiger partial charge in [0.1, 0.15) is 10.6 Å². The van der Waals surface area contributed by atoms with Crippen molar-refractivity contribution in [3.63, 3.8) is 0 Å². The van der Waals surface area contributed by atoms with E-state index in [4.69, 9.17) is 16.3 Å². The number of anilines is 1. The molecule has 0 bridgehead atoms. The monoisotopic (exact) mass is 408 g/mol. The van der Waals surface area contributed by atoms with E-state index in [1.165, 1.54) is 11.4 Å². The van der Waals surface area contributed by atoms with Gasteiger partial charge >= 0.3 is 0 Å². The Morgan fingerprint density at radius 1 is 1.00 bits per heavy atom. The van der Waals surface area contributed by atoms with E-state index in [2.05, 4.69) is 4.90 Å². The van der Waals surface area contributed by atoms with Crippen molar-refractivity contribution >= 4 is 27.3 Å². The predicted octanol–water partition coefficient (Wildman–Crippen LogP) is 3.78. The summed E-state index contributed by atoms with van der Waals surface area (Å²) in [6.45, 7) is 7.92. The molecular formula is C20H25ClN2O3S. The zero-order valence-corrected chi connectivity index (χ0v) is 17.7. The molecule has 2 aromatic rings. The van der Waals surface area contributed by atoms with Crippen LogP contribution in [0.3, 0.4) is 0 Å². The van der Waals surface area contributed by atoms with E-state index < -0.39 is 10.0 Å². The Morgan fingerprint density at radius 2 is 1.63 bits per heavy atom. The highest BCUT2D eigenvalue weighted by molar-refractivity contribution is 7.89. The van der Waals surface area contributed by atoms with Gasteiger partial charge in [0.25, 0.3) is 0 Å². The first-order valence-corrected chi connectivity index (χ1v) is 10.7. The largest absolute Gasteiger partial charge is 0.495 e. The first kappa shape index (κ1) is 20.0. The van der Waals surface area contributed by atoms with Crippen LogP contribution in [0.5, 0.6) is 5.75 Å². The fraction of sp³-hybridized carbons (Fsp3) is 0.400. The molecule has 0 aliphatic carbocycles. The Balaban J connectivity index is 1.83. The van der Waals surface area contributed by atoms with E-state index in [1.54, 1.807) is 12.1 Å². The summed E-state index contributed by atoms with van der Waals surface area (Å²) in [5.41, 5.74) is 4.02. The molecule has 0 unspecified atom stereocenters. The van der Waals surface area contributed by atoms with Gasteiger partial charge < -0.3 is 9.64 Å². The summed E-state index contributed by atoms with van der Waals surface area (Å²) >= 11 is 6.23. The number of benzene rings is 2. The molecule has 1 heterocycles. The summed E-state index contributed by atoms with van der Waals surface area (Å²) in [5, 5.41) is 0.724. The highest BCUT2D eigenvalue weighted by Crippen LogP contribution is 2.32. The van der Waals surface area contributed by atoms with Crippen molar-refractivity contribution in [3.05, 3.63) is 52.0 Å². The van der Waals surface area contributed by atoms with Crippen molar-refractivity contribution in [2.75, 3.05) is 38.2 Å². The van der Waals surface area contributed by atoms with Crippen LogP contribution in [0.2, 0.25) is 5.02 Å². The molecular weight excluding hydrogens is 384 g/mol. The second kappa shape index (κ2) is 7.70. The van der Waals surface area contributed by atoms with Crippen molar-refractivity contribution in [3.8, 4) is 5.75 Å². The summed E-state index contributed by atoms with van der Waals surface area (Å²) in [6.07, 6.45) is 0. The lowest BCUT2D eigenvalue weighted by Crippen LogP contribution is -2.48. The molecule has 1 aliphatic rings. The number of methoxy groups -OCH3 is 1. The topological polar surface area (TPSA) is 49.9 Å². The smallest absolute Gasteiger partial charge is 0.246 e. The average molecular weight is 409 g/mol. The van der Waals surface area contributed by atoms with Crippen LogP contribution in [0.15, 0.2) is 35.2 Å². The number of halogens is 1. The number of sulfonamides is 1. The number of hydrogen-bond donors (Lipinski definition) is 0. The van der Waals surface area contributed by atoms with Crippen LogP contribution in [0.1, 0.15) is 16.7 Å². The minimum atomic E-state index is -3.61. The second-order valence-electron chi connectivity index (χ2n) is 6.86. The zero-order chi connectivity index (χ0) is 19.8. The molecule has 27 heavy (non-hydrogen) atoms. The lowest BCUT2D eigenvalue weighted by Gasteiger charge is -2.36. The van der Waals surface area contributed by atoms with Crippen molar-refractivity contribution in [1.82, 2.24) is 4.31 Å². The Morgan fingerprint density at radius 3 is 2.26 bits per heavy atom. The average Bonchev–Trinajstić information content (AvgIpc) is 2.66. The van der Waals surface area contributed by atoms with Crippen LogP contribution < -0.4 is 9.64 Å². The first-order valence-electron chi connectivity index (χ1n) is 8.91. The van der Waals surface area contributed by atoms with Crippen LogP contribution in [0.4, 0.5) is 5.69 Å². The van der Waals surface area contributed by atoms with E-state index in [0.717, 1.165) is 27.4 Å². The molecule has 1 saturated heterocycles. The first-order chi connectivity index (χ1) is 12.8. The van der Waals surface area contributed by atoms with Crippen LogP contribution in [-0.2, 0) is 10.0 Å². The maximum Gasteiger partial charge on any atom is 0.246 e. The fourth-order valence-electron chi connectivity index (χ4n) is 3.37. The maximum absolute atomic E-state index is 13.2. The normalized spacial score (nSPS) is 15.8. The van der Waals surface area contributed by atoms with Gasteiger partial charge in [0.15, 0.2) is 0 Å². The summed E-state index contributed by atoms with van der Waals surface area (Å²) in [4.78, 5) is 2.42. The van der Waals surface area contributed by atoms with Crippen molar-refractivity contribution in [1.29, 1.82) is 0 Å². The second-order valence-corrected chi connectivity index (χ2v) is 9.18. The number of hydrogen-bond acceptors (Lipinski definition) is 4. The molecule has 3 rings (SSSR count). The molecule has 146 valence electrons. The molecule has 0 aromatic heterocycles. The van der Waals surface area contributed by atoms with Gasteiger partial charge in [-0.25, -0.2) is 8.42 Å². The molecule has 7 heteroatoms. The fourth-order valence-corrected chi connectivity index (χ4v) is 5.19. The third kappa shape index (κ3) is 3.79. The van der Waals surface area contributed by atoms with Gasteiger partial charge in [-0.3, -0.25) is 0 Å². The summed E-state index contributed by atoms with van der Waals surface area (Å²) in [7, 11) is -2.11. The minimum absolute atomic E-state index is 0.237. The minimum Gasteiger partial charge on any atom is -0.495 e. The molecule has 0 amide bonds. The van der Waals surface area contributed by atoms with Crippen LogP contribution in [-0.4, -0.2) is 46.0 Å². The van der Waals surface area contributed by atoms with Gasteiger partial charge in [-0.2, -0.15) is 4.31 Å². The standard InChI is InChI=1S/C20H25ClN2O3S/c1-14-12-19(26-4)20(13-15(14)2)27(24,25)23-10-8-22(9-11-23)18-7-5-6-17(21)16(18)3/h5-7,12-13H,8-11H2,1-4H3. The SMILES string of the molecule is COc1cc(C)c(C)cc1S(=O)(=O)N1CCN(c2cccc(Cl)c2C)CC1. The highest BCUT2D eigenvalue weighted by atomic mass is 35.5. The van der Waals surface area contributed by atoms with Crippen molar-refractivity contribution < 1.29 is 13.2 Å². The van der Waals surface area contributed by atoms with E-state index >= 15 is 0 Å². The van der Waals surface area contributed by atoms with Gasteiger partial charge in [0.2, 0.25) is 10.0 Å². The van der Waals surface area contributed by atoms with Crippen LogP contribution in [0.25, 0.3) is 0 Å². The molecule has 5 nitrogen and oxygen atoms in total. The number of aryl methyl sites for hydroxylation is 2. The predicted molar refractivity (Wildman–Crippen MR) is 110 cm³/mol. The molecule has 1 fully saturated rings. The van der Waals surface area contributed by atoms with Gasteiger partial charge in [-0.15, -0.1) is 0 Å². The zero-order valence-electron chi connectivity index (χ0n) is 16.1. The number of nitrogens with zero attached hydrogens (tertiary/aromatic N) is 2. The highest BCUT2D eigenvalue weighted by Gasteiger charge is 2.31. The van der Waals surface area contributed by atoms with Gasteiger partial charge in [-0.1, -0.05) is 17.7 Å². The molecule has 0 atom stereocenters. The Labute approximate surface area is 166 Å². The van der Waals surface area contributed by atoms with Crippen molar-refractivity contribution in [2.45, 2.75) is 25.7 Å². The summed E-state index contributed by atoms with van der Waals surface area (Å²) < 4.78 is 33.3. The number of piperazine rings is 1. The molecule has 1 aliphatic heterocycles. The van der Waals surface area contributed by atoms with Gasteiger partial charge in [0, 0.05) is 36.9 Å². The molecule has 0 saturated carbocycles. The molecule has 0 N–H and O–H groups in total. The third-order valence-electron chi connectivity index (χ3n) is 5.22. The summed E-state index contributed by atoms with van der Waals surface area (Å²) in [5.74, 6) is 0.395. The quantitative estimate of drug-likeness (QED) is 0.772. The number of ether oxygens (including phenoxy) is 1. The lowest BCUT2D eigenvalue weighted by atomic mass is 10.1. The molecule has 2 aromatic carbocycles. The van der Waals surface area contributed by atoms with E-state index in [0.29, 0.717) is 31.9 Å². The van der Waals surface area contributed by atoms with Crippen LogP contribution >= 0.6 is 11.6 Å². The maximum atomic E-state index is 13.2. The van der Waals surface area contributed by atoms with E-state index in [-0.39, 0.29) is 4.90 Å². The van der Waals surface area contributed by atoms with Crippen molar-refractivity contribution in [2.24, 2.45) is 0 Å².